The Kier molecular flexibility index (Phi) is 4.17. The third-order valence-corrected chi connectivity index (χ3v) is 4.45. The topological polar surface area (TPSA) is 26.0 Å². The Morgan fingerprint density at radius 1 is 0.750 bits per heavy atom. The third-order valence-electron chi connectivity index (χ3n) is 4.45. The maximum Gasteiger partial charge on any atom is 0.00446 e. The molecule has 0 aromatic heterocycles. The van der Waals surface area contributed by atoms with Crippen LogP contribution in [0, 0.1) is 0 Å². The third kappa shape index (κ3) is 3.10. The van der Waals surface area contributed by atoms with Crippen LogP contribution in [0.25, 0.3) is 11.1 Å². The molecule has 0 spiro atoms. The fraction of sp³-hybridized carbons (Fsp3) is 0.368. The largest absolute Gasteiger partial charge is 0.328 e. The minimum Gasteiger partial charge on any atom is -0.328 e. The smallest absolute Gasteiger partial charge is 0.00446 e. The highest BCUT2D eigenvalue weighted by Gasteiger charge is 2.18. The summed E-state index contributed by atoms with van der Waals surface area (Å²) in [6.45, 7) is 0. The molecule has 1 aliphatic rings. The lowest BCUT2D eigenvalue weighted by atomic mass is 9.89. The normalized spacial score (nSPS) is 23.2. The summed E-state index contributed by atoms with van der Waals surface area (Å²) in [5.74, 6) is 0.650. The van der Waals surface area contributed by atoms with Crippen molar-refractivity contribution in [1.82, 2.24) is 0 Å². The van der Waals surface area contributed by atoms with Crippen molar-refractivity contribution in [3.05, 3.63) is 60.2 Å². The molecule has 104 valence electrons. The highest BCUT2D eigenvalue weighted by atomic mass is 14.6. The van der Waals surface area contributed by atoms with Crippen molar-refractivity contribution in [2.45, 2.75) is 44.1 Å². The summed E-state index contributed by atoms with van der Waals surface area (Å²) in [6.07, 6.45) is 6.24. The summed E-state index contributed by atoms with van der Waals surface area (Å²) in [7, 11) is 0. The van der Waals surface area contributed by atoms with Gasteiger partial charge in [-0.1, -0.05) is 67.4 Å². The number of nitrogens with two attached hydrogens (primary N) is 1. The molecule has 1 nitrogen and oxygen atoms in total. The molecule has 1 aliphatic carbocycles. The van der Waals surface area contributed by atoms with Crippen LogP contribution >= 0.6 is 0 Å². The average Bonchev–Trinajstić information content (AvgIpc) is 2.73. The van der Waals surface area contributed by atoms with Crippen molar-refractivity contribution in [1.29, 1.82) is 0 Å². The Morgan fingerprint density at radius 2 is 1.40 bits per heavy atom. The lowest BCUT2D eigenvalue weighted by Gasteiger charge is -2.18. The van der Waals surface area contributed by atoms with Crippen LogP contribution in [-0.2, 0) is 0 Å². The first-order valence-corrected chi connectivity index (χ1v) is 7.74. The van der Waals surface area contributed by atoms with E-state index in [1.807, 2.05) is 0 Å². The van der Waals surface area contributed by atoms with Gasteiger partial charge in [-0.3, -0.25) is 0 Å². The number of benzene rings is 2. The van der Waals surface area contributed by atoms with E-state index >= 15 is 0 Å². The molecule has 1 heteroatoms. The predicted molar refractivity (Wildman–Crippen MR) is 85.7 cm³/mol. The first-order chi connectivity index (χ1) is 9.83. The second kappa shape index (κ2) is 6.23. The van der Waals surface area contributed by atoms with E-state index in [2.05, 4.69) is 54.6 Å². The van der Waals surface area contributed by atoms with Gasteiger partial charge in [0.1, 0.15) is 0 Å². The second-order valence-electron chi connectivity index (χ2n) is 5.97. The molecular formula is C19H23N. The van der Waals surface area contributed by atoms with E-state index in [1.54, 1.807) is 0 Å². The quantitative estimate of drug-likeness (QED) is 0.781. The van der Waals surface area contributed by atoms with Gasteiger partial charge in [-0.05, 0) is 41.9 Å². The van der Waals surface area contributed by atoms with Gasteiger partial charge < -0.3 is 5.73 Å². The van der Waals surface area contributed by atoms with Crippen molar-refractivity contribution in [2.24, 2.45) is 5.73 Å². The first-order valence-electron chi connectivity index (χ1n) is 7.74. The lowest BCUT2D eigenvalue weighted by molar-refractivity contribution is 0.535. The van der Waals surface area contributed by atoms with E-state index in [4.69, 9.17) is 5.73 Å². The summed E-state index contributed by atoms with van der Waals surface area (Å²) in [6, 6.07) is 20.0. The van der Waals surface area contributed by atoms with Crippen LogP contribution < -0.4 is 5.73 Å². The first kappa shape index (κ1) is 13.4. The molecule has 2 atom stereocenters. The highest BCUT2D eigenvalue weighted by Crippen LogP contribution is 2.32. The van der Waals surface area contributed by atoms with E-state index in [9.17, 15) is 0 Å². The minimum absolute atomic E-state index is 0.385. The van der Waals surface area contributed by atoms with E-state index in [0.29, 0.717) is 12.0 Å². The average molecular weight is 265 g/mol. The Bertz CT molecular complexity index is 529. The van der Waals surface area contributed by atoms with Crippen molar-refractivity contribution in [2.75, 3.05) is 0 Å². The maximum absolute atomic E-state index is 6.18. The van der Waals surface area contributed by atoms with Gasteiger partial charge in [-0.25, -0.2) is 0 Å². The molecule has 0 radical (unpaired) electrons. The zero-order valence-electron chi connectivity index (χ0n) is 12.0. The monoisotopic (exact) mass is 265 g/mol. The molecule has 2 unspecified atom stereocenters. The van der Waals surface area contributed by atoms with Crippen molar-refractivity contribution < 1.29 is 0 Å². The van der Waals surface area contributed by atoms with Gasteiger partial charge in [0.2, 0.25) is 0 Å². The molecule has 2 N–H and O–H groups in total. The molecule has 3 rings (SSSR count). The maximum atomic E-state index is 6.18. The van der Waals surface area contributed by atoms with Crippen LogP contribution in [0.15, 0.2) is 54.6 Å². The summed E-state index contributed by atoms with van der Waals surface area (Å²) < 4.78 is 0. The van der Waals surface area contributed by atoms with Crippen molar-refractivity contribution in [3.63, 3.8) is 0 Å². The predicted octanol–water partition coefficient (Wildman–Crippen LogP) is 4.73. The Morgan fingerprint density at radius 3 is 2.15 bits per heavy atom. The van der Waals surface area contributed by atoms with E-state index in [-0.39, 0.29) is 0 Å². The molecule has 2 aromatic rings. The van der Waals surface area contributed by atoms with Gasteiger partial charge >= 0.3 is 0 Å². The molecule has 0 aliphatic heterocycles. The van der Waals surface area contributed by atoms with Gasteiger partial charge in [0.15, 0.2) is 0 Å². The number of rotatable bonds is 2. The molecule has 20 heavy (non-hydrogen) atoms. The SMILES string of the molecule is NC1CCCCC(c2ccc(-c3ccccc3)cc2)C1. The number of hydrogen-bond acceptors (Lipinski definition) is 1. The Labute approximate surface area is 121 Å². The second-order valence-corrected chi connectivity index (χ2v) is 5.97. The van der Waals surface area contributed by atoms with Gasteiger partial charge in [-0.2, -0.15) is 0 Å². The fourth-order valence-electron chi connectivity index (χ4n) is 3.28. The van der Waals surface area contributed by atoms with E-state index in [1.165, 1.54) is 42.4 Å². The molecular weight excluding hydrogens is 242 g/mol. The van der Waals surface area contributed by atoms with Crippen LogP contribution in [0.2, 0.25) is 0 Å². The molecule has 0 saturated heterocycles. The molecule has 1 fully saturated rings. The van der Waals surface area contributed by atoms with Crippen LogP contribution in [0.1, 0.15) is 43.6 Å². The van der Waals surface area contributed by atoms with E-state index < -0.39 is 0 Å². The van der Waals surface area contributed by atoms with Gasteiger partial charge in [0.05, 0.1) is 0 Å². The van der Waals surface area contributed by atoms with Crippen molar-refractivity contribution in [3.8, 4) is 11.1 Å². The van der Waals surface area contributed by atoms with Crippen LogP contribution in [0.4, 0.5) is 0 Å². The number of hydrogen-bond donors (Lipinski definition) is 1. The Hall–Kier alpha value is -1.60. The molecule has 2 aromatic carbocycles. The van der Waals surface area contributed by atoms with Gasteiger partial charge in [0.25, 0.3) is 0 Å². The summed E-state index contributed by atoms with van der Waals surface area (Å²) in [5, 5.41) is 0. The van der Waals surface area contributed by atoms with E-state index in [0.717, 1.165) is 6.42 Å². The summed E-state index contributed by atoms with van der Waals surface area (Å²) in [5.41, 5.74) is 10.2. The zero-order valence-corrected chi connectivity index (χ0v) is 12.0. The minimum atomic E-state index is 0.385. The highest BCUT2D eigenvalue weighted by molar-refractivity contribution is 5.63. The van der Waals surface area contributed by atoms with Crippen LogP contribution in [-0.4, -0.2) is 6.04 Å². The molecule has 0 bridgehead atoms. The summed E-state index contributed by atoms with van der Waals surface area (Å²) >= 11 is 0. The fourth-order valence-corrected chi connectivity index (χ4v) is 3.28. The zero-order chi connectivity index (χ0) is 13.8. The standard InChI is InChI=1S/C19H23N/c20-19-9-5-4-8-18(14-19)17-12-10-16(11-13-17)15-6-2-1-3-7-15/h1-3,6-7,10-13,18-19H,4-5,8-9,14,20H2. The van der Waals surface area contributed by atoms with Crippen molar-refractivity contribution >= 4 is 0 Å². The molecule has 0 amide bonds. The molecule has 1 saturated carbocycles. The lowest BCUT2D eigenvalue weighted by Crippen LogP contribution is -2.20. The van der Waals surface area contributed by atoms with Gasteiger partial charge in [-0.15, -0.1) is 0 Å². The Balaban J connectivity index is 1.79. The molecule has 0 heterocycles. The van der Waals surface area contributed by atoms with Crippen LogP contribution in [0.5, 0.6) is 0 Å². The summed E-state index contributed by atoms with van der Waals surface area (Å²) in [4.78, 5) is 0. The van der Waals surface area contributed by atoms with Gasteiger partial charge in [0, 0.05) is 6.04 Å². The van der Waals surface area contributed by atoms with Crippen LogP contribution in [0.3, 0.4) is 0 Å².